The van der Waals surface area contributed by atoms with E-state index in [-0.39, 0.29) is 5.91 Å². The van der Waals surface area contributed by atoms with Gasteiger partial charge in [0, 0.05) is 12.6 Å². The number of esters is 1. The van der Waals surface area contributed by atoms with Crippen LogP contribution < -0.4 is 14.8 Å². The highest BCUT2D eigenvalue weighted by molar-refractivity contribution is 5.94. The van der Waals surface area contributed by atoms with Crippen molar-refractivity contribution < 1.29 is 19.1 Å². The number of amides is 1. The SMILES string of the molecule is COc1ccccc1OC(=O)c1cccc(NC(C)=O)c1. The van der Waals surface area contributed by atoms with Crippen LogP contribution in [0.2, 0.25) is 0 Å². The largest absolute Gasteiger partial charge is 0.493 e. The number of methoxy groups -OCH3 is 1. The Hall–Kier alpha value is -2.82. The molecule has 1 N–H and O–H groups in total. The lowest BCUT2D eigenvalue weighted by Gasteiger charge is -2.09. The fraction of sp³-hybridized carbons (Fsp3) is 0.125. The third-order valence-corrected chi connectivity index (χ3v) is 2.69. The molecule has 0 fully saturated rings. The number of benzene rings is 2. The van der Waals surface area contributed by atoms with E-state index in [1.807, 2.05) is 0 Å². The number of nitrogens with one attached hydrogen (secondary N) is 1. The number of anilines is 1. The first kappa shape index (κ1) is 14.6. The van der Waals surface area contributed by atoms with Gasteiger partial charge in [-0.05, 0) is 30.3 Å². The third-order valence-electron chi connectivity index (χ3n) is 2.69. The summed E-state index contributed by atoms with van der Waals surface area (Å²) >= 11 is 0. The van der Waals surface area contributed by atoms with Crippen LogP contribution in [-0.4, -0.2) is 19.0 Å². The van der Waals surface area contributed by atoms with Gasteiger partial charge in [-0.1, -0.05) is 18.2 Å². The first-order chi connectivity index (χ1) is 10.1. The maximum Gasteiger partial charge on any atom is 0.343 e. The molecule has 0 radical (unpaired) electrons. The Kier molecular flexibility index (Phi) is 4.56. The molecule has 0 heterocycles. The van der Waals surface area contributed by atoms with Crippen molar-refractivity contribution in [1.82, 2.24) is 0 Å². The van der Waals surface area contributed by atoms with Gasteiger partial charge in [-0.15, -0.1) is 0 Å². The maximum atomic E-state index is 12.1. The minimum atomic E-state index is -0.522. The van der Waals surface area contributed by atoms with Gasteiger partial charge in [0.15, 0.2) is 11.5 Å². The highest BCUT2D eigenvalue weighted by Gasteiger charge is 2.12. The summed E-state index contributed by atoms with van der Waals surface area (Å²) in [4.78, 5) is 23.2. The van der Waals surface area contributed by atoms with Gasteiger partial charge in [0.05, 0.1) is 12.7 Å². The number of hydrogen-bond donors (Lipinski definition) is 1. The number of rotatable bonds is 4. The molecule has 0 atom stereocenters. The number of carbonyl (C=O) groups excluding carboxylic acids is 2. The molecule has 2 aromatic rings. The van der Waals surface area contributed by atoms with E-state index in [0.29, 0.717) is 22.7 Å². The standard InChI is InChI=1S/C16H15NO4/c1-11(18)17-13-7-5-6-12(10-13)16(19)21-15-9-4-3-8-14(15)20-2/h3-10H,1-2H3,(H,17,18). The van der Waals surface area contributed by atoms with Gasteiger partial charge in [-0.2, -0.15) is 0 Å². The van der Waals surface area contributed by atoms with Crippen molar-refractivity contribution in [1.29, 1.82) is 0 Å². The molecule has 1 amide bonds. The van der Waals surface area contributed by atoms with Crippen molar-refractivity contribution in [3.63, 3.8) is 0 Å². The smallest absolute Gasteiger partial charge is 0.343 e. The average molecular weight is 285 g/mol. The maximum absolute atomic E-state index is 12.1. The van der Waals surface area contributed by atoms with E-state index < -0.39 is 5.97 Å². The van der Waals surface area contributed by atoms with Crippen molar-refractivity contribution in [3.8, 4) is 11.5 Å². The van der Waals surface area contributed by atoms with Gasteiger partial charge in [-0.25, -0.2) is 4.79 Å². The molecule has 0 aliphatic carbocycles. The van der Waals surface area contributed by atoms with Crippen LogP contribution in [0.4, 0.5) is 5.69 Å². The van der Waals surface area contributed by atoms with Crippen molar-refractivity contribution in [3.05, 3.63) is 54.1 Å². The summed E-state index contributed by atoms with van der Waals surface area (Å²) in [7, 11) is 1.50. The van der Waals surface area contributed by atoms with Crippen LogP contribution in [0, 0.1) is 0 Å². The number of para-hydroxylation sites is 2. The van der Waals surface area contributed by atoms with Gasteiger partial charge in [0.2, 0.25) is 5.91 Å². The molecular formula is C16H15NO4. The second kappa shape index (κ2) is 6.56. The van der Waals surface area contributed by atoms with Crippen LogP contribution in [0.3, 0.4) is 0 Å². The lowest BCUT2D eigenvalue weighted by atomic mass is 10.2. The number of ether oxygens (including phenoxy) is 2. The van der Waals surface area contributed by atoms with Crippen LogP contribution in [0.1, 0.15) is 17.3 Å². The predicted octanol–water partition coefficient (Wildman–Crippen LogP) is 2.87. The molecule has 0 spiro atoms. The minimum Gasteiger partial charge on any atom is -0.493 e. The molecule has 0 saturated carbocycles. The molecule has 5 heteroatoms. The molecule has 5 nitrogen and oxygen atoms in total. The highest BCUT2D eigenvalue weighted by Crippen LogP contribution is 2.26. The fourth-order valence-electron chi connectivity index (χ4n) is 1.79. The lowest BCUT2D eigenvalue weighted by Crippen LogP contribution is -2.11. The molecule has 2 aromatic carbocycles. The summed E-state index contributed by atoms with van der Waals surface area (Å²) in [5, 5.41) is 2.62. The topological polar surface area (TPSA) is 64.6 Å². The first-order valence-corrected chi connectivity index (χ1v) is 6.33. The summed E-state index contributed by atoms with van der Waals surface area (Å²) in [6.07, 6.45) is 0. The normalized spacial score (nSPS) is 9.81. The molecule has 0 aliphatic heterocycles. The Morgan fingerprint density at radius 3 is 2.38 bits per heavy atom. The van der Waals surface area contributed by atoms with Crippen LogP contribution in [-0.2, 0) is 4.79 Å². The molecule has 108 valence electrons. The Balaban J connectivity index is 2.18. The van der Waals surface area contributed by atoms with E-state index in [1.54, 1.807) is 48.5 Å². The first-order valence-electron chi connectivity index (χ1n) is 6.33. The second-order valence-corrected chi connectivity index (χ2v) is 4.30. The van der Waals surface area contributed by atoms with E-state index in [4.69, 9.17) is 9.47 Å². The predicted molar refractivity (Wildman–Crippen MR) is 78.7 cm³/mol. The molecule has 0 bridgehead atoms. The van der Waals surface area contributed by atoms with Crippen LogP contribution >= 0.6 is 0 Å². The van der Waals surface area contributed by atoms with Gasteiger partial charge < -0.3 is 14.8 Å². The third kappa shape index (κ3) is 3.82. The molecular weight excluding hydrogens is 270 g/mol. The van der Waals surface area contributed by atoms with Gasteiger partial charge in [0.25, 0.3) is 0 Å². The van der Waals surface area contributed by atoms with E-state index in [1.165, 1.54) is 14.0 Å². The highest BCUT2D eigenvalue weighted by atomic mass is 16.6. The summed E-state index contributed by atoms with van der Waals surface area (Å²) in [5.74, 6) is 0.0933. The summed E-state index contributed by atoms with van der Waals surface area (Å²) in [6.45, 7) is 1.40. The van der Waals surface area contributed by atoms with Crippen LogP contribution in [0.15, 0.2) is 48.5 Å². The molecule has 0 unspecified atom stereocenters. The lowest BCUT2D eigenvalue weighted by molar-refractivity contribution is -0.114. The molecule has 2 rings (SSSR count). The average Bonchev–Trinajstić information content (AvgIpc) is 2.47. The fourth-order valence-corrected chi connectivity index (χ4v) is 1.79. The van der Waals surface area contributed by atoms with E-state index >= 15 is 0 Å². The van der Waals surface area contributed by atoms with Gasteiger partial charge in [-0.3, -0.25) is 4.79 Å². The van der Waals surface area contributed by atoms with Crippen molar-refractivity contribution in [2.24, 2.45) is 0 Å². The minimum absolute atomic E-state index is 0.203. The Bertz CT molecular complexity index is 667. The summed E-state index contributed by atoms with van der Waals surface area (Å²) in [5.41, 5.74) is 0.879. The van der Waals surface area contributed by atoms with E-state index in [0.717, 1.165) is 0 Å². The number of hydrogen-bond acceptors (Lipinski definition) is 4. The quantitative estimate of drug-likeness (QED) is 0.693. The van der Waals surface area contributed by atoms with Gasteiger partial charge >= 0.3 is 5.97 Å². The van der Waals surface area contributed by atoms with Crippen molar-refractivity contribution in [2.75, 3.05) is 12.4 Å². The zero-order chi connectivity index (χ0) is 15.2. The molecule has 0 saturated heterocycles. The molecule has 21 heavy (non-hydrogen) atoms. The van der Waals surface area contributed by atoms with Crippen LogP contribution in [0.25, 0.3) is 0 Å². The molecule has 0 aliphatic rings. The zero-order valence-electron chi connectivity index (χ0n) is 11.8. The Morgan fingerprint density at radius 2 is 1.71 bits per heavy atom. The second-order valence-electron chi connectivity index (χ2n) is 4.30. The van der Waals surface area contributed by atoms with Crippen molar-refractivity contribution >= 4 is 17.6 Å². The Labute approximate surface area is 122 Å². The van der Waals surface area contributed by atoms with Gasteiger partial charge in [0.1, 0.15) is 0 Å². The summed E-state index contributed by atoms with van der Waals surface area (Å²) in [6, 6.07) is 13.4. The van der Waals surface area contributed by atoms with E-state index in [9.17, 15) is 9.59 Å². The summed E-state index contributed by atoms with van der Waals surface area (Å²) < 4.78 is 10.4. The van der Waals surface area contributed by atoms with Crippen LogP contribution in [0.5, 0.6) is 11.5 Å². The molecule has 0 aromatic heterocycles. The monoisotopic (exact) mass is 285 g/mol. The van der Waals surface area contributed by atoms with Crippen molar-refractivity contribution in [2.45, 2.75) is 6.92 Å². The Morgan fingerprint density at radius 1 is 1.00 bits per heavy atom. The van der Waals surface area contributed by atoms with E-state index in [2.05, 4.69) is 5.32 Å². The number of carbonyl (C=O) groups is 2. The zero-order valence-corrected chi connectivity index (χ0v) is 11.8.